The van der Waals surface area contributed by atoms with Crippen LogP contribution >= 0.6 is 0 Å². The van der Waals surface area contributed by atoms with E-state index in [2.05, 4.69) is 0 Å². The monoisotopic (exact) mass is 223 g/mol. The third-order valence-electron chi connectivity index (χ3n) is 2.09. The quantitative estimate of drug-likeness (QED) is 0.615. The molecule has 1 N–H and O–H groups in total. The van der Waals surface area contributed by atoms with Crippen LogP contribution in [0, 0.1) is 5.41 Å². The van der Waals surface area contributed by atoms with Gasteiger partial charge in [-0.2, -0.15) is 0 Å². The summed E-state index contributed by atoms with van der Waals surface area (Å²) < 4.78 is 15.4. The molecule has 4 nitrogen and oxygen atoms in total. The second-order valence-electron chi connectivity index (χ2n) is 3.25. The zero-order valence-corrected chi connectivity index (χ0v) is 9.87. The van der Waals surface area contributed by atoms with Gasteiger partial charge in [0.25, 0.3) is 0 Å². The minimum Gasteiger partial charge on any atom is -0.497 e. The van der Waals surface area contributed by atoms with Crippen molar-refractivity contribution in [1.82, 2.24) is 0 Å². The highest BCUT2D eigenvalue weighted by Crippen LogP contribution is 2.22. The molecule has 0 unspecified atom stereocenters. The molecule has 0 saturated carbocycles. The van der Waals surface area contributed by atoms with Gasteiger partial charge in [0.05, 0.1) is 20.8 Å². The maximum Gasteiger partial charge on any atom is 0.184 e. The van der Waals surface area contributed by atoms with E-state index in [9.17, 15) is 0 Å². The van der Waals surface area contributed by atoms with Gasteiger partial charge in [0.2, 0.25) is 0 Å². The van der Waals surface area contributed by atoms with Gasteiger partial charge in [-0.25, -0.2) is 0 Å². The third-order valence-corrected chi connectivity index (χ3v) is 2.09. The fourth-order valence-corrected chi connectivity index (χ4v) is 1.38. The lowest BCUT2D eigenvalue weighted by atomic mass is 10.1. The first-order valence-electron chi connectivity index (χ1n) is 5.11. The first kappa shape index (κ1) is 12.4. The van der Waals surface area contributed by atoms with Crippen LogP contribution in [0.4, 0.5) is 0 Å². The summed E-state index contributed by atoms with van der Waals surface area (Å²) in [5, 5.41) is 7.58. The minimum absolute atomic E-state index is 0.248. The van der Waals surface area contributed by atoms with Gasteiger partial charge in [-0.05, 0) is 24.6 Å². The van der Waals surface area contributed by atoms with E-state index in [0.29, 0.717) is 13.0 Å². The average Bonchev–Trinajstić information content (AvgIpc) is 2.28. The van der Waals surface area contributed by atoms with Crippen LogP contribution in [0.15, 0.2) is 18.2 Å². The summed E-state index contributed by atoms with van der Waals surface area (Å²) in [5.41, 5.74) is 0.939. The normalized spacial score (nSPS) is 9.69. The van der Waals surface area contributed by atoms with E-state index in [4.69, 9.17) is 19.6 Å². The first-order valence-corrected chi connectivity index (χ1v) is 5.11. The van der Waals surface area contributed by atoms with Gasteiger partial charge in [-0.3, -0.25) is 5.41 Å². The van der Waals surface area contributed by atoms with Crippen LogP contribution in [0.25, 0.3) is 0 Å². The molecule has 1 aromatic rings. The van der Waals surface area contributed by atoms with Crippen LogP contribution < -0.4 is 9.47 Å². The van der Waals surface area contributed by atoms with Crippen molar-refractivity contribution in [3.05, 3.63) is 23.8 Å². The van der Waals surface area contributed by atoms with E-state index in [1.165, 1.54) is 0 Å². The molecule has 0 bridgehead atoms. The lowest BCUT2D eigenvalue weighted by molar-refractivity contribution is 0.317. The van der Waals surface area contributed by atoms with Crippen LogP contribution in [0.2, 0.25) is 0 Å². The van der Waals surface area contributed by atoms with E-state index in [-0.39, 0.29) is 5.90 Å². The molecule has 0 radical (unpaired) electrons. The molecule has 1 aromatic carbocycles. The summed E-state index contributed by atoms with van der Waals surface area (Å²) >= 11 is 0. The van der Waals surface area contributed by atoms with Crippen molar-refractivity contribution in [2.45, 2.75) is 13.3 Å². The molecule has 0 saturated heterocycles. The Morgan fingerprint density at radius 3 is 2.12 bits per heavy atom. The van der Waals surface area contributed by atoms with Crippen molar-refractivity contribution in [2.75, 3.05) is 20.8 Å². The van der Waals surface area contributed by atoms with Crippen LogP contribution in [-0.2, 0) is 11.2 Å². The fraction of sp³-hybridized carbons (Fsp3) is 0.417. The van der Waals surface area contributed by atoms with Gasteiger partial charge in [0.1, 0.15) is 11.5 Å². The molecule has 0 amide bonds. The third kappa shape index (κ3) is 3.46. The van der Waals surface area contributed by atoms with E-state index >= 15 is 0 Å². The maximum atomic E-state index is 7.58. The average molecular weight is 223 g/mol. The molecule has 88 valence electrons. The van der Waals surface area contributed by atoms with Gasteiger partial charge >= 0.3 is 0 Å². The molecular formula is C12H17NO3. The number of methoxy groups -OCH3 is 2. The topological polar surface area (TPSA) is 51.5 Å². The number of benzene rings is 1. The standard InChI is InChI=1S/C12H17NO3/c1-4-16-12(13)7-9-5-10(14-2)8-11(6-9)15-3/h5-6,8,13H,4,7H2,1-3H3. The van der Waals surface area contributed by atoms with E-state index in [1.54, 1.807) is 20.3 Å². The molecule has 0 aliphatic carbocycles. The Morgan fingerprint density at radius 1 is 1.12 bits per heavy atom. The number of rotatable bonds is 5. The molecule has 1 rings (SSSR count). The van der Waals surface area contributed by atoms with Gasteiger partial charge in [0, 0.05) is 12.5 Å². The largest absolute Gasteiger partial charge is 0.497 e. The maximum absolute atomic E-state index is 7.58. The zero-order valence-electron chi connectivity index (χ0n) is 9.87. The van der Waals surface area contributed by atoms with Crippen molar-refractivity contribution in [3.8, 4) is 11.5 Å². The highest BCUT2D eigenvalue weighted by Gasteiger charge is 2.05. The summed E-state index contributed by atoms with van der Waals surface area (Å²) in [6.07, 6.45) is 0.446. The predicted octanol–water partition coefficient (Wildman–Crippen LogP) is 2.26. The van der Waals surface area contributed by atoms with Crippen molar-refractivity contribution in [1.29, 1.82) is 5.41 Å². The summed E-state index contributed by atoms with van der Waals surface area (Å²) in [7, 11) is 3.21. The number of nitrogens with one attached hydrogen (secondary N) is 1. The predicted molar refractivity (Wildman–Crippen MR) is 62.6 cm³/mol. The SMILES string of the molecule is CCOC(=N)Cc1cc(OC)cc(OC)c1. The van der Waals surface area contributed by atoms with Crippen LogP contribution in [0.5, 0.6) is 11.5 Å². The molecule has 0 aliphatic heterocycles. The van der Waals surface area contributed by atoms with E-state index in [1.807, 2.05) is 19.1 Å². The van der Waals surface area contributed by atoms with Crippen LogP contribution in [0.3, 0.4) is 0 Å². The van der Waals surface area contributed by atoms with Crippen LogP contribution in [0.1, 0.15) is 12.5 Å². The molecule has 0 atom stereocenters. The Labute approximate surface area is 95.6 Å². The number of hydrogen-bond acceptors (Lipinski definition) is 4. The Kier molecular flexibility index (Phi) is 4.64. The van der Waals surface area contributed by atoms with E-state index < -0.39 is 0 Å². The summed E-state index contributed by atoms with van der Waals surface area (Å²) in [5.74, 6) is 1.69. The van der Waals surface area contributed by atoms with Gasteiger partial charge in [-0.15, -0.1) is 0 Å². The molecular weight excluding hydrogens is 206 g/mol. The lowest BCUT2D eigenvalue weighted by Crippen LogP contribution is -2.06. The lowest BCUT2D eigenvalue weighted by Gasteiger charge is -2.09. The smallest absolute Gasteiger partial charge is 0.184 e. The molecule has 0 aromatic heterocycles. The molecule has 0 heterocycles. The van der Waals surface area contributed by atoms with Gasteiger partial charge in [0.15, 0.2) is 5.90 Å². The van der Waals surface area contributed by atoms with Crippen LogP contribution in [-0.4, -0.2) is 26.7 Å². The Bertz CT molecular complexity index is 341. The second-order valence-corrected chi connectivity index (χ2v) is 3.25. The Morgan fingerprint density at radius 2 is 1.69 bits per heavy atom. The number of hydrogen-bond donors (Lipinski definition) is 1. The first-order chi connectivity index (χ1) is 7.69. The Balaban J connectivity index is 2.82. The van der Waals surface area contributed by atoms with Crippen molar-refractivity contribution in [3.63, 3.8) is 0 Å². The van der Waals surface area contributed by atoms with Crippen molar-refractivity contribution < 1.29 is 14.2 Å². The van der Waals surface area contributed by atoms with Gasteiger partial charge < -0.3 is 14.2 Å². The van der Waals surface area contributed by atoms with Crippen molar-refractivity contribution >= 4 is 5.90 Å². The molecule has 16 heavy (non-hydrogen) atoms. The second kappa shape index (κ2) is 6.00. The summed E-state index contributed by atoms with van der Waals surface area (Å²) in [4.78, 5) is 0. The summed E-state index contributed by atoms with van der Waals surface area (Å²) in [6, 6.07) is 5.54. The fourth-order valence-electron chi connectivity index (χ4n) is 1.38. The molecule has 4 heteroatoms. The number of ether oxygens (including phenoxy) is 3. The van der Waals surface area contributed by atoms with Crippen molar-refractivity contribution in [2.24, 2.45) is 0 Å². The molecule has 0 spiro atoms. The van der Waals surface area contributed by atoms with Gasteiger partial charge in [-0.1, -0.05) is 0 Å². The summed E-state index contributed by atoms with van der Waals surface area (Å²) in [6.45, 7) is 2.38. The Hall–Kier alpha value is -1.71. The molecule has 0 aliphatic rings. The van der Waals surface area contributed by atoms with E-state index in [0.717, 1.165) is 17.1 Å². The molecule has 0 fully saturated rings. The minimum atomic E-state index is 0.248. The highest BCUT2D eigenvalue weighted by atomic mass is 16.5. The zero-order chi connectivity index (χ0) is 12.0. The highest BCUT2D eigenvalue weighted by molar-refractivity contribution is 5.75.